The van der Waals surface area contributed by atoms with E-state index in [2.05, 4.69) is 4.37 Å². The summed E-state index contributed by atoms with van der Waals surface area (Å²) < 4.78 is 4.44. The highest BCUT2D eigenvalue weighted by Crippen LogP contribution is 2.19. The molecule has 0 bridgehead atoms. The number of aromatic nitrogens is 2. The molecule has 1 heterocycles. The first-order valence-electron chi connectivity index (χ1n) is 3.88. The zero-order valence-corrected chi connectivity index (χ0v) is 7.86. The summed E-state index contributed by atoms with van der Waals surface area (Å²) in [5.41, 5.74) is 1.30. The summed E-state index contributed by atoms with van der Waals surface area (Å²) in [5.74, 6) is 0. The van der Waals surface area contributed by atoms with E-state index >= 15 is 0 Å². The van der Waals surface area contributed by atoms with Crippen molar-refractivity contribution < 1.29 is 4.12 Å². The standard InChI is InChI=1S/C9H5N3OS/c10-6-8-9(11-14-12(8)13)7-4-2-1-3-5-7/h1-5H. The van der Waals surface area contributed by atoms with Crippen molar-refractivity contribution in [2.45, 2.75) is 0 Å². The minimum Gasteiger partial charge on any atom is -0.699 e. The molecule has 1 aromatic heterocycles. The molecule has 0 spiro atoms. The van der Waals surface area contributed by atoms with E-state index in [0.717, 1.165) is 17.3 Å². The van der Waals surface area contributed by atoms with Crippen molar-refractivity contribution in [2.24, 2.45) is 0 Å². The highest BCUT2D eigenvalue weighted by atomic mass is 32.1. The van der Waals surface area contributed by atoms with Crippen LogP contribution in [0.1, 0.15) is 5.69 Å². The number of hydrogen-bond acceptors (Lipinski definition) is 4. The normalized spacial score (nSPS) is 9.64. The zero-order chi connectivity index (χ0) is 9.97. The van der Waals surface area contributed by atoms with Gasteiger partial charge in [0.1, 0.15) is 6.07 Å². The third-order valence-corrected chi connectivity index (χ3v) is 2.36. The fourth-order valence-electron chi connectivity index (χ4n) is 1.13. The third-order valence-electron chi connectivity index (χ3n) is 1.77. The Morgan fingerprint density at radius 2 is 2.07 bits per heavy atom. The van der Waals surface area contributed by atoms with Crippen LogP contribution in [-0.4, -0.2) is 4.37 Å². The van der Waals surface area contributed by atoms with E-state index < -0.39 is 0 Å². The highest BCUT2D eigenvalue weighted by Gasteiger charge is 2.19. The van der Waals surface area contributed by atoms with Gasteiger partial charge < -0.3 is 5.21 Å². The molecular weight excluding hydrogens is 198 g/mol. The minimum atomic E-state index is 0.0567. The monoisotopic (exact) mass is 203 g/mol. The maximum absolute atomic E-state index is 11.1. The van der Waals surface area contributed by atoms with Crippen molar-refractivity contribution in [1.82, 2.24) is 4.37 Å². The van der Waals surface area contributed by atoms with Crippen molar-refractivity contribution in [3.63, 3.8) is 0 Å². The van der Waals surface area contributed by atoms with Gasteiger partial charge in [0.25, 0.3) is 23.1 Å². The number of hydrogen-bond donors (Lipinski definition) is 0. The predicted molar refractivity (Wildman–Crippen MR) is 51.2 cm³/mol. The fourth-order valence-corrected chi connectivity index (χ4v) is 1.68. The van der Waals surface area contributed by atoms with E-state index in [-0.39, 0.29) is 5.69 Å². The lowest BCUT2D eigenvalue weighted by molar-refractivity contribution is -0.532. The molecule has 0 amide bonds. The Labute approximate surface area is 84.6 Å². The molecule has 2 rings (SSSR count). The largest absolute Gasteiger partial charge is 0.699 e. The highest BCUT2D eigenvalue weighted by molar-refractivity contribution is 6.95. The van der Waals surface area contributed by atoms with E-state index in [9.17, 15) is 5.21 Å². The van der Waals surface area contributed by atoms with Gasteiger partial charge in [0, 0.05) is 9.94 Å². The van der Waals surface area contributed by atoms with Gasteiger partial charge in [0.2, 0.25) is 0 Å². The van der Waals surface area contributed by atoms with Gasteiger partial charge >= 0.3 is 0 Å². The number of nitriles is 1. The molecule has 0 atom stereocenters. The van der Waals surface area contributed by atoms with Crippen molar-refractivity contribution in [3.05, 3.63) is 41.2 Å². The maximum Gasteiger partial charge on any atom is 0.282 e. The number of nitrogens with zero attached hydrogens (tertiary/aromatic N) is 3. The van der Waals surface area contributed by atoms with E-state index in [1.54, 1.807) is 0 Å². The molecule has 0 saturated heterocycles. The molecule has 68 valence electrons. The molecule has 1 aromatic carbocycles. The first-order chi connectivity index (χ1) is 6.83. The van der Waals surface area contributed by atoms with Crippen LogP contribution in [0.2, 0.25) is 0 Å². The van der Waals surface area contributed by atoms with Crippen LogP contribution in [0.25, 0.3) is 11.3 Å². The lowest BCUT2D eigenvalue weighted by Gasteiger charge is -1.93. The van der Waals surface area contributed by atoms with Gasteiger partial charge in [-0.2, -0.15) is 9.38 Å². The molecule has 0 unspecified atom stereocenters. The van der Waals surface area contributed by atoms with E-state index in [1.165, 1.54) is 0 Å². The average Bonchev–Trinajstić information content (AvgIpc) is 2.61. The van der Waals surface area contributed by atoms with Crippen LogP contribution in [0, 0.1) is 16.5 Å². The number of rotatable bonds is 1. The Morgan fingerprint density at radius 3 is 2.71 bits per heavy atom. The summed E-state index contributed by atoms with van der Waals surface area (Å²) in [7, 11) is 0. The molecule has 0 aliphatic heterocycles. The molecule has 14 heavy (non-hydrogen) atoms. The summed E-state index contributed by atoms with van der Waals surface area (Å²) in [6.45, 7) is 0. The van der Waals surface area contributed by atoms with Crippen LogP contribution in [-0.2, 0) is 0 Å². The summed E-state index contributed by atoms with van der Waals surface area (Å²) in [4.78, 5) is 0. The Morgan fingerprint density at radius 1 is 1.36 bits per heavy atom. The van der Waals surface area contributed by atoms with Crippen LogP contribution < -0.4 is 4.12 Å². The van der Waals surface area contributed by atoms with E-state index in [1.807, 2.05) is 36.4 Å². The second-order valence-corrected chi connectivity index (χ2v) is 3.28. The van der Waals surface area contributed by atoms with E-state index in [4.69, 9.17) is 5.26 Å². The second kappa shape index (κ2) is 3.44. The van der Waals surface area contributed by atoms with Gasteiger partial charge in [-0.3, -0.25) is 0 Å². The summed E-state index contributed by atoms with van der Waals surface area (Å²) in [6, 6.07) is 11.0. The summed E-state index contributed by atoms with van der Waals surface area (Å²) in [5, 5.41) is 19.8. The molecular formula is C9H5N3OS. The maximum atomic E-state index is 11.1. The molecule has 0 radical (unpaired) electrons. The van der Waals surface area contributed by atoms with Gasteiger partial charge in [-0.05, 0) is 0 Å². The average molecular weight is 203 g/mol. The Bertz CT molecular complexity index is 487. The molecule has 0 aliphatic rings. The van der Waals surface area contributed by atoms with Crippen molar-refractivity contribution >= 4 is 11.7 Å². The Kier molecular flexibility index (Phi) is 2.13. The smallest absolute Gasteiger partial charge is 0.282 e. The molecule has 2 aromatic rings. The molecule has 0 saturated carbocycles. The van der Waals surface area contributed by atoms with Gasteiger partial charge in [-0.1, -0.05) is 30.3 Å². The van der Waals surface area contributed by atoms with Crippen molar-refractivity contribution in [3.8, 4) is 17.3 Å². The van der Waals surface area contributed by atoms with Crippen LogP contribution in [0.4, 0.5) is 0 Å². The molecule has 0 fully saturated rings. The Hall–Kier alpha value is -1.93. The topological polar surface area (TPSA) is 63.6 Å². The van der Waals surface area contributed by atoms with Crippen LogP contribution in [0.3, 0.4) is 0 Å². The quantitative estimate of drug-likeness (QED) is 0.518. The summed E-state index contributed by atoms with van der Waals surface area (Å²) >= 11 is 0.739. The van der Waals surface area contributed by atoms with Crippen LogP contribution >= 0.6 is 11.7 Å². The predicted octanol–water partition coefficient (Wildman–Crippen LogP) is 1.32. The SMILES string of the molecule is N#Cc1c(-c2ccccc2)ns[n+]1[O-]. The van der Waals surface area contributed by atoms with Crippen molar-refractivity contribution in [2.75, 3.05) is 0 Å². The minimum absolute atomic E-state index is 0.0567. The fraction of sp³-hybridized carbons (Fsp3) is 0. The first kappa shape index (κ1) is 8.66. The second-order valence-electron chi connectivity index (χ2n) is 2.61. The van der Waals surface area contributed by atoms with Gasteiger partial charge in [0.05, 0.1) is 0 Å². The van der Waals surface area contributed by atoms with E-state index in [0.29, 0.717) is 9.81 Å². The molecule has 5 heteroatoms. The van der Waals surface area contributed by atoms with Crippen molar-refractivity contribution in [1.29, 1.82) is 5.26 Å². The molecule has 0 aliphatic carbocycles. The molecule has 4 nitrogen and oxygen atoms in total. The zero-order valence-electron chi connectivity index (χ0n) is 7.04. The van der Waals surface area contributed by atoms with Gasteiger partial charge in [-0.25, -0.2) is 0 Å². The summed E-state index contributed by atoms with van der Waals surface area (Å²) in [6.07, 6.45) is 0. The van der Waals surface area contributed by atoms with Crippen LogP contribution in [0.5, 0.6) is 0 Å². The van der Waals surface area contributed by atoms with Gasteiger partial charge in [-0.15, -0.1) is 0 Å². The lowest BCUT2D eigenvalue weighted by atomic mass is 10.1. The number of benzene rings is 1. The molecule has 0 N–H and O–H groups in total. The Balaban J connectivity index is 2.59. The third kappa shape index (κ3) is 1.32. The lowest BCUT2D eigenvalue weighted by Crippen LogP contribution is -2.23. The first-order valence-corrected chi connectivity index (χ1v) is 4.61. The van der Waals surface area contributed by atoms with Gasteiger partial charge in [0.15, 0.2) is 0 Å². The van der Waals surface area contributed by atoms with Crippen LogP contribution in [0.15, 0.2) is 30.3 Å².